The van der Waals surface area contributed by atoms with E-state index in [9.17, 15) is 19.0 Å². The number of rotatable bonds is 37. The van der Waals surface area contributed by atoms with Gasteiger partial charge in [0, 0.05) is 12.8 Å². The lowest BCUT2D eigenvalue weighted by atomic mass is 10.1. The number of hydrogen-bond donors (Lipinski definition) is 1. The predicted octanol–water partition coefficient (Wildman–Crippen LogP) is 12.8. The number of carbonyl (C=O) groups excluding carboxylic acids is 2. The highest BCUT2D eigenvalue weighted by molar-refractivity contribution is 7.47. The average molecular weight is 751 g/mol. The molecule has 0 saturated heterocycles. The number of allylic oxidation sites excluding steroid dienone is 10. The van der Waals surface area contributed by atoms with Crippen LogP contribution in [0.25, 0.3) is 0 Å². The number of phosphoric ester groups is 1. The molecular formula is C43H75O8P. The minimum absolute atomic E-state index is 0.00668. The maximum atomic E-state index is 12.5. The molecule has 0 aliphatic carbocycles. The molecule has 1 N–H and O–H groups in total. The van der Waals surface area contributed by atoms with Gasteiger partial charge in [0.25, 0.3) is 0 Å². The van der Waals surface area contributed by atoms with E-state index in [1.54, 1.807) is 6.92 Å². The molecule has 0 radical (unpaired) electrons. The lowest BCUT2D eigenvalue weighted by Gasteiger charge is -2.19. The Bertz CT molecular complexity index is 1030. The summed E-state index contributed by atoms with van der Waals surface area (Å²) in [6, 6.07) is 0. The summed E-state index contributed by atoms with van der Waals surface area (Å²) < 4.78 is 32.6. The summed E-state index contributed by atoms with van der Waals surface area (Å²) in [4.78, 5) is 34.7. The first-order valence-electron chi connectivity index (χ1n) is 20.6. The van der Waals surface area contributed by atoms with Gasteiger partial charge in [-0.3, -0.25) is 18.6 Å². The monoisotopic (exact) mass is 751 g/mol. The van der Waals surface area contributed by atoms with Crippen molar-refractivity contribution in [1.82, 2.24) is 0 Å². The fourth-order valence-corrected chi connectivity index (χ4v) is 6.07. The van der Waals surface area contributed by atoms with Gasteiger partial charge in [-0.05, 0) is 84.0 Å². The molecule has 0 aromatic carbocycles. The minimum atomic E-state index is -4.29. The van der Waals surface area contributed by atoms with E-state index >= 15 is 0 Å². The van der Waals surface area contributed by atoms with Gasteiger partial charge in [-0.1, -0.05) is 139 Å². The van der Waals surface area contributed by atoms with Crippen LogP contribution in [-0.2, 0) is 32.7 Å². The highest BCUT2D eigenvalue weighted by atomic mass is 31.2. The molecule has 9 heteroatoms. The second kappa shape index (κ2) is 38.5. The number of phosphoric acid groups is 1. The van der Waals surface area contributed by atoms with Crippen molar-refractivity contribution in [3.05, 3.63) is 60.8 Å². The van der Waals surface area contributed by atoms with Gasteiger partial charge < -0.3 is 14.4 Å². The Morgan fingerprint density at radius 3 is 1.48 bits per heavy atom. The third-order valence-corrected chi connectivity index (χ3v) is 9.37. The Morgan fingerprint density at radius 2 is 0.981 bits per heavy atom. The zero-order valence-corrected chi connectivity index (χ0v) is 34.1. The fraction of sp³-hybridized carbons (Fsp3) is 0.721. The number of hydrogen-bond acceptors (Lipinski definition) is 7. The molecule has 0 bridgehead atoms. The van der Waals surface area contributed by atoms with Gasteiger partial charge in [0.1, 0.15) is 6.61 Å². The Balaban J connectivity index is 4.16. The molecule has 0 amide bonds. The van der Waals surface area contributed by atoms with Crippen LogP contribution in [0.2, 0.25) is 0 Å². The zero-order chi connectivity index (χ0) is 38.2. The molecule has 0 aliphatic rings. The standard InChI is InChI=1S/C43H75O8P/c1-4-7-9-11-13-15-17-19-21-22-24-26-28-30-32-34-36-38-43(45)51-41(40-50-52(46,47)49-6-3)39-48-42(44)37-35-33-31-29-27-25-23-20-18-16-14-12-10-8-5-2/h7,9,13-16,19-21,23,41H,4-6,8,10-12,17-18,22,24-40H2,1-3H3,(H,46,47)/b9-7-,15-13-,16-14-,21-19-,23-20-. The molecule has 0 aromatic rings. The predicted molar refractivity (Wildman–Crippen MR) is 216 cm³/mol. The highest BCUT2D eigenvalue weighted by Gasteiger charge is 2.25. The van der Waals surface area contributed by atoms with Crippen LogP contribution < -0.4 is 0 Å². The normalized spacial score (nSPS) is 14.0. The van der Waals surface area contributed by atoms with Crippen molar-refractivity contribution in [1.29, 1.82) is 0 Å². The van der Waals surface area contributed by atoms with E-state index < -0.39 is 26.5 Å². The number of unbranched alkanes of at least 4 members (excludes halogenated alkanes) is 15. The largest absolute Gasteiger partial charge is 0.472 e. The van der Waals surface area contributed by atoms with E-state index in [2.05, 4.69) is 74.6 Å². The fourth-order valence-electron chi connectivity index (χ4n) is 5.32. The maximum Gasteiger partial charge on any atom is 0.472 e. The number of ether oxygens (including phenoxy) is 2. The Labute approximate surface area is 318 Å². The molecule has 0 aromatic heterocycles. The highest BCUT2D eigenvalue weighted by Crippen LogP contribution is 2.43. The van der Waals surface area contributed by atoms with E-state index in [0.29, 0.717) is 6.42 Å². The van der Waals surface area contributed by atoms with E-state index in [1.165, 1.54) is 44.9 Å². The summed E-state index contributed by atoms with van der Waals surface area (Å²) >= 11 is 0. The molecule has 2 atom stereocenters. The summed E-state index contributed by atoms with van der Waals surface area (Å²) in [5.74, 6) is -0.829. The molecule has 0 fully saturated rings. The molecule has 0 heterocycles. The van der Waals surface area contributed by atoms with Crippen LogP contribution in [0.15, 0.2) is 60.8 Å². The first kappa shape index (κ1) is 49.8. The third kappa shape index (κ3) is 37.5. The molecule has 0 aliphatic heterocycles. The summed E-state index contributed by atoms with van der Waals surface area (Å²) in [5, 5.41) is 0. The smallest absolute Gasteiger partial charge is 0.462 e. The van der Waals surface area contributed by atoms with Crippen molar-refractivity contribution in [2.45, 2.75) is 181 Å². The first-order valence-corrected chi connectivity index (χ1v) is 22.1. The molecular weight excluding hydrogens is 675 g/mol. The summed E-state index contributed by atoms with van der Waals surface area (Å²) in [7, 11) is -4.29. The van der Waals surface area contributed by atoms with Crippen molar-refractivity contribution in [2.24, 2.45) is 0 Å². The molecule has 52 heavy (non-hydrogen) atoms. The van der Waals surface area contributed by atoms with Gasteiger partial charge in [-0.2, -0.15) is 0 Å². The second-order valence-corrected chi connectivity index (χ2v) is 14.7. The Kier molecular flexibility index (Phi) is 36.8. The van der Waals surface area contributed by atoms with Crippen LogP contribution in [0.5, 0.6) is 0 Å². The van der Waals surface area contributed by atoms with Gasteiger partial charge in [0.05, 0.1) is 13.2 Å². The third-order valence-electron chi connectivity index (χ3n) is 8.31. The molecule has 0 spiro atoms. The van der Waals surface area contributed by atoms with Crippen molar-refractivity contribution in [2.75, 3.05) is 19.8 Å². The summed E-state index contributed by atoms with van der Waals surface area (Å²) in [6.45, 7) is 5.30. The molecule has 0 saturated carbocycles. The van der Waals surface area contributed by atoms with E-state index in [-0.39, 0.29) is 32.0 Å². The lowest BCUT2D eigenvalue weighted by molar-refractivity contribution is -0.161. The summed E-state index contributed by atoms with van der Waals surface area (Å²) in [5.41, 5.74) is 0. The van der Waals surface area contributed by atoms with Crippen LogP contribution in [0.1, 0.15) is 175 Å². The molecule has 8 nitrogen and oxygen atoms in total. The van der Waals surface area contributed by atoms with Crippen LogP contribution in [0, 0.1) is 0 Å². The lowest BCUT2D eigenvalue weighted by Crippen LogP contribution is -2.29. The van der Waals surface area contributed by atoms with Crippen molar-refractivity contribution in [3.8, 4) is 0 Å². The Morgan fingerprint density at radius 1 is 0.538 bits per heavy atom. The van der Waals surface area contributed by atoms with Crippen molar-refractivity contribution in [3.63, 3.8) is 0 Å². The summed E-state index contributed by atoms with van der Waals surface area (Å²) in [6.07, 6.45) is 45.5. The van der Waals surface area contributed by atoms with Gasteiger partial charge in [0.2, 0.25) is 0 Å². The number of esters is 2. The molecule has 2 unspecified atom stereocenters. The van der Waals surface area contributed by atoms with Gasteiger partial charge in [0.15, 0.2) is 6.10 Å². The van der Waals surface area contributed by atoms with Gasteiger partial charge in [-0.25, -0.2) is 4.57 Å². The number of carbonyl (C=O) groups is 2. The zero-order valence-electron chi connectivity index (χ0n) is 33.2. The van der Waals surface area contributed by atoms with Crippen LogP contribution in [0.4, 0.5) is 0 Å². The maximum absolute atomic E-state index is 12.5. The topological polar surface area (TPSA) is 108 Å². The van der Waals surface area contributed by atoms with Crippen molar-refractivity contribution >= 4 is 19.8 Å². The molecule has 0 rings (SSSR count). The SMILES string of the molecule is CC/C=C\C/C=C\C/C=C\CCCCCCCCCC(=O)OC(COC(=O)CCCCCCC/C=C\C/C=C\CCCCC)COP(=O)(O)OCC. The Hall–Kier alpha value is -2.25. The van der Waals surface area contributed by atoms with E-state index in [4.69, 9.17) is 18.5 Å². The molecule has 300 valence electrons. The van der Waals surface area contributed by atoms with E-state index in [0.717, 1.165) is 89.9 Å². The first-order chi connectivity index (χ1) is 25.3. The van der Waals surface area contributed by atoms with Crippen molar-refractivity contribution < 1.29 is 37.6 Å². The van der Waals surface area contributed by atoms with Gasteiger partial charge >= 0.3 is 19.8 Å². The van der Waals surface area contributed by atoms with Gasteiger partial charge in [-0.15, -0.1) is 0 Å². The van der Waals surface area contributed by atoms with Crippen LogP contribution >= 0.6 is 7.82 Å². The minimum Gasteiger partial charge on any atom is -0.462 e. The van der Waals surface area contributed by atoms with E-state index in [1.807, 2.05) is 0 Å². The quantitative estimate of drug-likeness (QED) is 0.0289. The average Bonchev–Trinajstić information content (AvgIpc) is 3.12. The second-order valence-electron chi connectivity index (χ2n) is 13.3. The van der Waals surface area contributed by atoms with Crippen LogP contribution in [-0.4, -0.2) is 42.8 Å². The van der Waals surface area contributed by atoms with Crippen LogP contribution in [0.3, 0.4) is 0 Å².